The zero-order valence-electron chi connectivity index (χ0n) is 12.6. The molecule has 0 aliphatic heterocycles. The van der Waals surface area contributed by atoms with Crippen LogP contribution in [-0.4, -0.2) is 39.8 Å². The van der Waals surface area contributed by atoms with Crippen molar-refractivity contribution in [3.8, 4) is 11.5 Å². The van der Waals surface area contributed by atoms with Crippen molar-refractivity contribution >= 4 is 5.96 Å². The van der Waals surface area contributed by atoms with Crippen LogP contribution in [0.2, 0.25) is 0 Å². The highest BCUT2D eigenvalue weighted by Gasteiger charge is 1.97. The van der Waals surface area contributed by atoms with E-state index in [9.17, 15) is 0 Å². The van der Waals surface area contributed by atoms with Crippen molar-refractivity contribution in [3.63, 3.8) is 0 Å². The predicted octanol–water partition coefficient (Wildman–Crippen LogP) is 2.04. The van der Waals surface area contributed by atoms with E-state index in [-0.39, 0.29) is 0 Å². The maximum absolute atomic E-state index is 5.65. The first-order valence-electron chi connectivity index (χ1n) is 7.01. The van der Waals surface area contributed by atoms with Gasteiger partial charge in [-0.1, -0.05) is 6.92 Å². The van der Waals surface area contributed by atoms with Crippen LogP contribution in [0.1, 0.15) is 19.8 Å². The maximum atomic E-state index is 5.65. The minimum atomic E-state index is 0.671. The van der Waals surface area contributed by atoms with Crippen LogP contribution in [0.5, 0.6) is 11.5 Å². The van der Waals surface area contributed by atoms with Gasteiger partial charge in [-0.2, -0.15) is 0 Å². The summed E-state index contributed by atoms with van der Waals surface area (Å²) >= 11 is 0. The third kappa shape index (κ3) is 6.31. The fourth-order valence-corrected chi connectivity index (χ4v) is 1.60. The number of guanidine groups is 1. The largest absolute Gasteiger partial charge is 0.497 e. The predicted molar refractivity (Wildman–Crippen MR) is 82.8 cm³/mol. The molecule has 1 aromatic carbocycles. The first-order valence-corrected chi connectivity index (χ1v) is 7.01. The molecule has 0 unspecified atom stereocenters. The van der Waals surface area contributed by atoms with E-state index in [4.69, 9.17) is 9.47 Å². The lowest BCUT2D eigenvalue weighted by atomic mass is 10.3. The first kappa shape index (κ1) is 16.1. The standard InChI is InChI=1S/C15H25N3O2/c1-4-10-17-15(16-2)18-11-5-12-20-14-8-6-13(19-3)7-9-14/h6-9H,4-5,10-12H2,1-3H3,(H2,16,17,18). The van der Waals surface area contributed by atoms with Crippen molar-refractivity contribution in [1.29, 1.82) is 0 Å². The van der Waals surface area contributed by atoms with Crippen LogP contribution in [0.3, 0.4) is 0 Å². The Kier molecular flexibility index (Phi) is 8.03. The molecule has 0 saturated heterocycles. The maximum Gasteiger partial charge on any atom is 0.190 e. The summed E-state index contributed by atoms with van der Waals surface area (Å²) in [6, 6.07) is 7.61. The minimum Gasteiger partial charge on any atom is -0.497 e. The Morgan fingerprint density at radius 1 is 1.10 bits per heavy atom. The SMILES string of the molecule is CCCNC(=NC)NCCCOc1ccc(OC)cc1. The van der Waals surface area contributed by atoms with E-state index in [0.717, 1.165) is 43.4 Å². The van der Waals surface area contributed by atoms with Crippen LogP contribution in [-0.2, 0) is 0 Å². The normalized spacial score (nSPS) is 11.1. The highest BCUT2D eigenvalue weighted by atomic mass is 16.5. The number of aliphatic imine (C=N–C) groups is 1. The molecule has 0 amide bonds. The molecule has 20 heavy (non-hydrogen) atoms. The van der Waals surface area contributed by atoms with Gasteiger partial charge in [0, 0.05) is 20.1 Å². The van der Waals surface area contributed by atoms with Gasteiger partial charge in [-0.05, 0) is 37.1 Å². The Hall–Kier alpha value is -1.91. The quantitative estimate of drug-likeness (QED) is 0.434. The fourth-order valence-electron chi connectivity index (χ4n) is 1.60. The summed E-state index contributed by atoms with van der Waals surface area (Å²) in [6.07, 6.45) is 2.00. The van der Waals surface area contributed by atoms with E-state index in [1.54, 1.807) is 14.2 Å². The van der Waals surface area contributed by atoms with E-state index in [2.05, 4.69) is 22.5 Å². The Bertz CT molecular complexity index is 391. The van der Waals surface area contributed by atoms with Gasteiger partial charge >= 0.3 is 0 Å². The Labute approximate surface area is 121 Å². The molecule has 0 spiro atoms. The van der Waals surface area contributed by atoms with E-state index < -0.39 is 0 Å². The number of hydrogen-bond donors (Lipinski definition) is 2. The van der Waals surface area contributed by atoms with Crippen LogP contribution in [0, 0.1) is 0 Å². The summed E-state index contributed by atoms with van der Waals surface area (Å²) in [5, 5.41) is 6.47. The lowest BCUT2D eigenvalue weighted by Gasteiger charge is -2.11. The van der Waals surface area contributed by atoms with Crippen molar-refractivity contribution in [2.45, 2.75) is 19.8 Å². The number of hydrogen-bond acceptors (Lipinski definition) is 3. The van der Waals surface area contributed by atoms with Gasteiger partial charge < -0.3 is 20.1 Å². The Morgan fingerprint density at radius 3 is 2.35 bits per heavy atom. The molecule has 5 nitrogen and oxygen atoms in total. The Morgan fingerprint density at radius 2 is 1.75 bits per heavy atom. The molecule has 0 fully saturated rings. The molecule has 0 saturated carbocycles. The van der Waals surface area contributed by atoms with Crippen molar-refractivity contribution in [1.82, 2.24) is 10.6 Å². The van der Waals surface area contributed by atoms with Crippen molar-refractivity contribution in [2.24, 2.45) is 4.99 Å². The Balaban J connectivity index is 2.14. The first-order chi connectivity index (χ1) is 9.80. The summed E-state index contributed by atoms with van der Waals surface area (Å²) < 4.78 is 10.7. The molecule has 2 N–H and O–H groups in total. The van der Waals surface area contributed by atoms with Crippen molar-refractivity contribution in [2.75, 3.05) is 33.9 Å². The number of nitrogens with one attached hydrogen (secondary N) is 2. The number of methoxy groups -OCH3 is 1. The highest BCUT2D eigenvalue weighted by molar-refractivity contribution is 5.79. The molecule has 112 valence electrons. The average molecular weight is 279 g/mol. The molecule has 0 atom stereocenters. The van der Waals surface area contributed by atoms with Crippen LogP contribution < -0.4 is 20.1 Å². The molecular formula is C15H25N3O2. The van der Waals surface area contributed by atoms with Gasteiger partial charge in [-0.3, -0.25) is 4.99 Å². The van der Waals surface area contributed by atoms with Crippen LogP contribution >= 0.6 is 0 Å². The lowest BCUT2D eigenvalue weighted by molar-refractivity contribution is 0.310. The number of rotatable bonds is 8. The highest BCUT2D eigenvalue weighted by Crippen LogP contribution is 2.16. The fraction of sp³-hybridized carbons (Fsp3) is 0.533. The summed E-state index contributed by atoms with van der Waals surface area (Å²) in [5.74, 6) is 2.54. The van der Waals surface area contributed by atoms with Crippen LogP contribution in [0.25, 0.3) is 0 Å². The average Bonchev–Trinajstić information content (AvgIpc) is 2.50. The molecule has 0 aliphatic carbocycles. The number of nitrogens with zero attached hydrogens (tertiary/aromatic N) is 1. The van der Waals surface area contributed by atoms with Gasteiger partial charge in [0.05, 0.1) is 13.7 Å². The van der Waals surface area contributed by atoms with Gasteiger partial charge in [-0.15, -0.1) is 0 Å². The molecule has 5 heteroatoms. The monoisotopic (exact) mass is 279 g/mol. The second-order valence-electron chi connectivity index (χ2n) is 4.30. The second-order valence-corrected chi connectivity index (χ2v) is 4.30. The van der Waals surface area contributed by atoms with Gasteiger partial charge in [0.1, 0.15) is 11.5 Å². The van der Waals surface area contributed by atoms with Crippen LogP contribution in [0.4, 0.5) is 0 Å². The van der Waals surface area contributed by atoms with E-state index >= 15 is 0 Å². The molecule has 0 radical (unpaired) electrons. The second kappa shape index (κ2) is 9.95. The molecule has 0 heterocycles. The summed E-state index contributed by atoms with van der Waals surface area (Å²) in [6.45, 7) is 4.56. The van der Waals surface area contributed by atoms with Gasteiger partial charge in [0.25, 0.3) is 0 Å². The molecule has 0 bridgehead atoms. The van der Waals surface area contributed by atoms with Crippen molar-refractivity contribution in [3.05, 3.63) is 24.3 Å². The van der Waals surface area contributed by atoms with Crippen molar-refractivity contribution < 1.29 is 9.47 Å². The van der Waals surface area contributed by atoms with Gasteiger partial charge in [-0.25, -0.2) is 0 Å². The molecule has 0 aliphatic rings. The van der Waals surface area contributed by atoms with Crippen LogP contribution in [0.15, 0.2) is 29.3 Å². The number of ether oxygens (including phenoxy) is 2. The van der Waals surface area contributed by atoms with E-state index in [0.29, 0.717) is 6.61 Å². The third-order valence-electron chi connectivity index (χ3n) is 2.71. The minimum absolute atomic E-state index is 0.671. The van der Waals surface area contributed by atoms with Gasteiger partial charge in [0.15, 0.2) is 5.96 Å². The summed E-state index contributed by atoms with van der Waals surface area (Å²) in [7, 11) is 3.43. The number of benzene rings is 1. The topological polar surface area (TPSA) is 54.9 Å². The molecular weight excluding hydrogens is 254 g/mol. The zero-order chi connectivity index (χ0) is 14.6. The smallest absolute Gasteiger partial charge is 0.190 e. The molecule has 1 rings (SSSR count). The third-order valence-corrected chi connectivity index (χ3v) is 2.71. The zero-order valence-corrected chi connectivity index (χ0v) is 12.6. The lowest BCUT2D eigenvalue weighted by Crippen LogP contribution is -2.38. The van der Waals surface area contributed by atoms with E-state index in [1.807, 2.05) is 24.3 Å². The van der Waals surface area contributed by atoms with Gasteiger partial charge in [0.2, 0.25) is 0 Å². The molecule has 0 aromatic heterocycles. The summed E-state index contributed by atoms with van der Waals surface area (Å²) in [4.78, 5) is 4.14. The van der Waals surface area contributed by atoms with E-state index in [1.165, 1.54) is 0 Å². The molecule has 1 aromatic rings. The summed E-state index contributed by atoms with van der Waals surface area (Å²) in [5.41, 5.74) is 0.